The summed E-state index contributed by atoms with van der Waals surface area (Å²) in [6, 6.07) is 0. The van der Waals surface area contributed by atoms with Gasteiger partial charge in [-0.1, -0.05) is 6.92 Å². The van der Waals surface area contributed by atoms with Crippen molar-refractivity contribution in [1.29, 1.82) is 0 Å². The topological polar surface area (TPSA) is 35.5 Å². The van der Waals surface area contributed by atoms with Crippen molar-refractivity contribution >= 4 is 5.78 Å². The van der Waals surface area contributed by atoms with Gasteiger partial charge in [-0.25, -0.2) is 0 Å². The molecule has 0 spiro atoms. The van der Waals surface area contributed by atoms with E-state index in [4.69, 9.17) is 9.47 Å². The van der Waals surface area contributed by atoms with Crippen LogP contribution in [-0.2, 0) is 14.3 Å². The lowest BCUT2D eigenvalue weighted by atomic mass is 9.87. The zero-order valence-corrected chi connectivity index (χ0v) is 7.99. The van der Waals surface area contributed by atoms with Crippen molar-refractivity contribution in [1.82, 2.24) is 0 Å². The van der Waals surface area contributed by atoms with Crippen LogP contribution >= 0.6 is 0 Å². The molecule has 0 aromatic heterocycles. The van der Waals surface area contributed by atoms with E-state index < -0.39 is 0 Å². The van der Waals surface area contributed by atoms with E-state index >= 15 is 0 Å². The van der Waals surface area contributed by atoms with Crippen LogP contribution in [0.2, 0.25) is 0 Å². The zero-order valence-electron chi connectivity index (χ0n) is 7.99. The molecule has 1 aliphatic carbocycles. The molecule has 0 N–H and O–H groups in total. The van der Waals surface area contributed by atoms with E-state index in [0.717, 1.165) is 12.8 Å². The Bertz CT molecular complexity index is 198. The predicted octanol–water partition coefficient (Wildman–Crippen LogP) is 1.16. The van der Waals surface area contributed by atoms with Gasteiger partial charge in [0.05, 0.1) is 19.3 Å². The molecule has 0 aromatic rings. The first-order chi connectivity index (χ1) is 6.25. The van der Waals surface area contributed by atoms with E-state index in [9.17, 15) is 4.79 Å². The molecule has 2 unspecified atom stereocenters. The third-order valence-corrected chi connectivity index (χ3v) is 2.92. The van der Waals surface area contributed by atoms with E-state index in [1.165, 1.54) is 0 Å². The second-order valence-corrected chi connectivity index (χ2v) is 4.09. The molecule has 2 fully saturated rings. The first kappa shape index (κ1) is 9.16. The maximum absolute atomic E-state index is 11.2. The van der Waals surface area contributed by atoms with Crippen LogP contribution in [0.4, 0.5) is 0 Å². The summed E-state index contributed by atoms with van der Waals surface area (Å²) >= 11 is 0. The van der Waals surface area contributed by atoms with Gasteiger partial charge in [-0.05, 0) is 12.3 Å². The molecule has 0 radical (unpaired) electrons. The van der Waals surface area contributed by atoms with Crippen LogP contribution in [0.1, 0.15) is 26.2 Å². The second kappa shape index (κ2) is 3.76. The molecule has 2 aliphatic rings. The molecule has 0 amide bonds. The Morgan fingerprint density at radius 1 is 1.46 bits per heavy atom. The fourth-order valence-corrected chi connectivity index (χ4v) is 1.82. The lowest BCUT2D eigenvalue weighted by Crippen LogP contribution is -2.42. The van der Waals surface area contributed by atoms with E-state index in [1.807, 2.05) is 0 Å². The van der Waals surface area contributed by atoms with Crippen LogP contribution in [0.15, 0.2) is 0 Å². The molecule has 3 heteroatoms. The van der Waals surface area contributed by atoms with E-state index in [1.54, 1.807) is 0 Å². The molecule has 2 rings (SSSR count). The van der Waals surface area contributed by atoms with E-state index in [-0.39, 0.29) is 12.2 Å². The van der Waals surface area contributed by atoms with Crippen molar-refractivity contribution in [3.05, 3.63) is 0 Å². The number of carbonyl (C=O) groups is 1. The maximum atomic E-state index is 11.2. The first-order valence-electron chi connectivity index (χ1n) is 5.00. The van der Waals surface area contributed by atoms with Crippen molar-refractivity contribution in [2.45, 2.75) is 38.4 Å². The number of rotatable bonds is 2. The third-order valence-electron chi connectivity index (χ3n) is 2.92. The molecule has 3 nitrogen and oxygen atoms in total. The molecule has 0 bridgehead atoms. The highest BCUT2D eigenvalue weighted by Crippen LogP contribution is 2.26. The van der Waals surface area contributed by atoms with Crippen LogP contribution in [0.3, 0.4) is 0 Å². The van der Waals surface area contributed by atoms with Crippen LogP contribution < -0.4 is 0 Å². The van der Waals surface area contributed by atoms with Crippen molar-refractivity contribution in [3.63, 3.8) is 0 Å². The lowest BCUT2D eigenvalue weighted by Gasteiger charge is -2.35. The number of Topliss-reactive ketones (excluding diaryl/α,β-unsaturated/α-hetero) is 1. The number of ketones is 1. The highest BCUT2D eigenvalue weighted by Gasteiger charge is 2.31. The van der Waals surface area contributed by atoms with Gasteiger partial charge in [-0.15, -0.1) is 0 Å². The van der Waals surface area contributed by atoms with Gasteiger partial charge in [-0.3, -0.25) is 4.79 Å². The molecule has 13 heavy (non-hydrogen) atoms. The molecular formula is C10H16O3. The lowest BCUT2D eigenvalue weighted by molar-refractivity contribution is -0.172. The Hall–Kier alpha value is -0.410. The van der Waals surface area contributed by atoms with Crippen molar-refractivity contribution in [2.24, 2.45) is 5.92 Å². The number of hydrogen-bond donors (Lipinski definition) is 0. The summed E-state index contributed by atoms with van der Waals surface area (Å²) in [5, 5.41) is 0. The Labute approximate surface area is 78.4 Å². The molecule has 0 aromatic carbocycles. The summed E-state index contributed by atoms with van der Waals surface area (Å²) in [4.78, 5) is 11.2. The van der Waals surface area contributed by atoms with Gasteiger partial charge in [0, 0.05) is 12.8 Å². The summed E-state index contributed by atoms with van der Waals surface area (Å²) in [5.41, 5.74) is 0. The summed E-state index contributed by atoms with van der Waals surface area (Å²) in [5.74, 6) is 0.877. The smallest absolute Gasteiger partial charge is 0.135 e. The molecule has 1 heterocycles. The summed E-state index contributed by atoms with van der Waals surface area (Å²) in [6.45, 7) is 3.57. The standard InChI is InChI=1S/C10H16O3/c1-7-2-3-8(11)4-10(7)13-9-5-12-6-9/h7,9-10H,2-6H2,1H3. The SMILES string of the molecule is CC1CCC(=O)CC1OC1COC1. The largest absolute Gasteiger partial charge is 0.376 e. The molecule has 2 atom stereocenters. The highest BCUT2D eigenvalue weighted by molar-refractivity contribution is 5.79. The first-order valence-corrected chi connectivity index (χ1v) is 5.00. The molecule has 1 aliphatic heterocycles. The van der Waals surface area contributed by atoms with Gasteiger partial charge in [-0.2, -0.15) is 0 Å². The summed E-state index contributed by atoms with van der Waals surface area (Å²) in [7, 11) is 0. The fourth-order valence-electron chi connectivity index (χ4n) is 1.82. The Kier molecular flexibility index (Phi) is 2.65. The predicted molar refractivity (Wildman–Crippen MR) is 47.5 cm³/mol. The minimum absolute atomic E-state index is 0.148. The van der Waals surface area contributed by atoms with Crippen molar-refractivity contribution < 1.29 is 14.3 Å². The third kappa shape index (κ3) is 2.09. The normalized spacial score (nSPS) is 35.9. The average molecular weight is 184 g/mol. The Morgan fingerprint density at radius 3 is 2.85 bits per heavy atom. The fraction of sp³-hybridized carbons (Fsp3) is 0.900. The molecule has 74 valence electrons. The minimum Gasteiger partial charge on any atom is -0.376 e. The molecule has 1 saturated carbocycles. The Balaban J connectivity index is 1.83. The summed E-state index contributed by atoms with van der Waals surface area (Å²) < 4.78 is 10.8. The van der Waals surface area contributed by atoms with E-state index in [2.05, 4.69) is 6.92 Å². The van der Waals surface area contributed by atoms with Crippen LogP contribution in [-0.4, -0.2) is 31.2 Å². The van der Waals surface area contributed by atoms with Crippen molar-refractivity contribution in [2.75, 3.05) is 13.2 Å². The van der Waals surface area contributed by atoms with Crippen LogP contribution in [0.5, 0.6) is 0 Å². The number of hydrogen-bond acceptors (Lipinski definition) is 3. The van der Waals surface area contributed by atoms with Gasteiger partial charge >= 0.3 is 0 Å². The van der Waals surface area contributed by atoms with Crippen molar-refractivity contribution in [3.8, 4) is 0 Å². The van der Waals surface area contributed by atoms with Gasteiger partial charge in [0.15, 0.2) is 0 Å². The quantitative estimate of drug-likeness (QED) is 0.646. The minimum atomic E-state index is 0.148. The monoisotopic (exact) mass is 184 g/mol. The summed E-state index contributed by atoms with van der Waals surface area (Å²) in [6.07, 6.45) is 2.73. The zero-order chi connectivity index (χ0) is 9.26. The Morgan fingerprint density at radius 2 is 2.23 bits per heavy atom. The molecule has 1 saturated heterocycles. The highest BCUT2D eigenvalue weighted by atomic mass is 16.6. The van der Waals surface area contributed by atoms with Gasteiger partial charge < -0.3 is 9.47 Å². The van der Waals surface area contributed by atoms with Crippen LogP contribution in [0.25, 0.3) is 0 Å². The number of carbonyl (C=O) groups excluding carboxylic acids is 1. The van der Waals surface area contributed by atoms with Gasteiger partial charge in [0.2, 0.25) is 0 Å². The maximum Gasteiger partial charge on any atom is 0.135 e. The average Bonchev–Trinajstić information content (AvgIpc) is 2.03. The number of ether oxygens (including phenoxy) is 2. The van der Waals surface area contributed by atoms with E-state index in [0.29, 0.717) is 31.3 Å². The second-order valence-electron chi connectivity index (χ2n) is 4.09. The van der Waals surface area contributed by atoms with Gasteiger partial charge in [0.1, 0.15) is 11.9 Å². The molecular weight excluding hydrogens is 168 g/mol. The van der Waals surface area contributed by atoms with Gasteiger partial charge in [0.25, 0.3) is 0 Å². The van der Waals surface area contributed by atoms with Crippen LogP contribution in [0, 0.1) is 5.92 Å².